The van der Waals surface area contributed by atoms with Crippen LogP contribution in [0.1, 0.15) is 18.1 Å². The van der Waals surface area contributed by atoms with Crippen LogP contribution < -0.4 is 5.73 Å². The van der Waals surface area contributed by atoms with Crippen molar-refractivity contribution in [1.29, 1.82) is 0 Å². The van der Waals surface area contributed by atoms with Crippen molar-refractivity contribution in [2.24, 2.45) is 5.73 Å². The van der Waals surface area contributed by atoms with Crippen LogP contribution in [0.4, 0.5) is 0 Å². The molecule has 2 atom stereocenters. The molecule has 0 aromatic carbocycles. The number of halogens is 1. The molecular formula is C11H12ClN3O3. The summed E-state index contributed by atoms with van der Waals surface area (Å²) in [5.74, 6) is -0.689. The lowest BCUT2D eigenvalue weighted by atomic mass is 10.0. The van der Waals surface area contributed by atoms with Crippen molar-refractivity contribution in [3.63, 3.8) is 0 Å². The summed E-state index contributed by atoms with van der Waals surface area (Å²) in [7, 11) is 0. The SMILES string of the molecule is NC(=O)CC(O)C(O)c1c[nH]c2nccc(Cl)c12. The van der Waals surface area contributed by atoms with Gasteiger partial charge in [-0.1, -0.05) is 11.6 Å². The van der Waals surface area contributed by atoms with Gasteiger partial charge in [-0.15, -0.1) is 0 Å². The Morgan fingerprint density at radius 3 is 2.94 bits per heavy atom. The first kappa shape index (κ1) is 12.8. The lowest BCUT2D eigenvalue weighted by Gasteiger charge is -2.16. The zero-order valence-corrected chi connectivity index (χ0v) is 10.1. The molecule has 0 saturated heterocycles. The lowest BCUT2D eigenvalue weighted by molar-refractivity contribution is -0.121. The first-order chi connectivity index (χ1) is 8.50. The van der Waals surface area contributed by atoms with Gasteiger partial charge in [0.1, 0.15) is 11.8 Å². The number of hydrogen-bond acceptors (Lipinski definition) is 4. The Hall–Kier alpha value is -1.63. The molecule has 0 aliphatic carbocycles. The molecule has 0 fully saturated rings. The summed E-state index contributed by atoms with van der Waals surface area (Å²) < 4.78 is 0. The number of primary amides is 1. The summed E-state index contributed by atoms with van der Waals surface area (Å²) in [6.45, 7) is 0. The summed E-state index contributed by atoms with van der Waals surface area (Å²) in [6, 6.07) is 1.58. The second-order valence-electron chi connectivity index (χ2n) is 3.94. The molecule has 96 valence electrons. The molecule has 0 bridgehead atoms. The van der Waals surface area contributed by atoms with Crippen molar-refractivity contribution in [1.82, 2.24) is 9.97 Å². The fourth-order valence-corrected chi connectivity index (χ4v) is 2.05. The van der Waals surface area contributed by atoms with Crippen molar-refractivity contribution in [2.75, 3.05) is 0 Å². The topological polar surface area (TPSA) is 112 Å². The van der Waals surface area contributed by atoms with Crippen molar-refractivity contribution >= 4 is 28.5 Å². The van der Waals surface area contributed by atoms with Gasteiger partial charge in [-0.3, -0.25) is 4.79 Å². The number of nitrogens with one attached hydrogen (secondary N) is 1. The zero-order chi connectivity index (χ0) is 13.3. The van der Waals surface area contributed by atoms with Crippen molar-refractivity contribution < 1.29 is 15.0 Å². The standard InChI is InChI=1S/C11H12ClN3O3/c12-6-1-2-14-11-9(6)5(4-15-11)10(18)7(16)3-8(13)17/h1-2,4,7,10,16,18H,3H2,(H2,13,17)(H,14,15). The monoisotopic (exact) mass is 269 g/mol. The van der Waals surface area contributed by atoms with E-state index in [9.17, 15) is 15.0 Å². The van der Waals surface area contributed by atoms with E-state index in [1.54, 1.807) is 6.07 Å². The average molecular weight is 270 g/mol. The number of rotatable bonds is 4. The maximum absolute atomic E-state index is 10.7. The maximum Gasteiger partial charge on any atom is 0.220 e. The Kier molecular flexibility index (Phi) is 3.51. The number of fused-ring (bicyclic) bond motifs is 1. The van der Waals surface area contributed by atoms with E-state index in [1.165, 1.54) is 12.4 Å². The fraction of sp³-hybridized carbons (Fsp3) is 0.273. The highest BCUT2D eigenvalue weighted by molar-refractivity contribution is 6.35. The van der Waals surface area contributed by atoms with Gasteiger partial charge < -0.3 is 20.9 Å². The van der Waals surface area contributed by atoms with Gasteiger partial charge in [0.15, 0.2) is 0 Å². The molecule has 6 nitrogen and oxygen atoms in total. The molecule has 2 rings (SSSR count). The third kappa shape index (κ3) is 2.31. The number of aliphatic hydroxyl groups excluding tert-OH is 2. The third-order valence-electron chi connectivity index (χ3n) is 2.65. The number of carbonyl (C=O) groups excluding carboxylic acids is 1. The second-order valence-corrected chi connectivity index (χ2v) is 4.35. The van der Waals surface area contributed by atoms with Gasteiger partial charge >= 0.3 is 0 Å². The van der Waals surface area contributed by atoms with E-state index in [4.69, 9.17) is 17.3 Å². The van der Waals surface area contributed by atoms with Crippen LogP contribution in [0.3, 0.4) is 0 Å². The molecule has 7 heteroatoms. The Labute approximate surface area is 107 Å². The number of nitrogens with zero attached hydrogens (tertiary/aromatic N) is 1. The molecular weight excluding hydrogens is 258 g/mol. The van der Waals surface area contributed by atoms with E-state index in [0.717, 1.165) is 0 Å². The minimum atomic E-state index is -1.28. The number of carbonyl (C=O) groups is 1. The number of amides is 1. The van der Waals surface area contributed by atoms with Gasteiger partial charge in [0, 0.05) is 23.3 Å². The van der Waals surface area contributed by atoms with Gasteiger partial charge in [0.05, 0.1) is 17.5 Å². The summed E-state index contributed by atoms with van der Waals surface area (Å²) in [4.78, 5) is 17.6. The normalized spacial score (nSPS) is 14.6. The Balaban J connectivity index is 2.39. The van der Waals surface area contributed by atoms with Gasteiger partial charge in [-0.05, 0) is 6.07 Å². The van der Waals surface area contributed by atoms with Crippen LogP contribution in [-0.4, -0.2) is 32.2 Å². The van der Waals surface area contributed by atoms with Crippen molar-refractivity contribution in [3.8, 4) is 0 Å². The van der Waals surface area contributed by atoms with E-state index in [-0.39, 0.29) is 6.42 Å². The summed E-state index contributed by atoms with van der Waals surface area (Å²) >= 11 is 6.01. The molecule has 2 aromatic heterocycles. The number of aromatic nitrogens is 2. The average Bonchev–Trinajstić information content (AvgIpc) is 2.72. The molecule has 0 radical (unpaired) electrons. The molecule has 2 aromatic rings. The molecule has 0 aliphatic heterocycles. The molecule has 0 aliphatic rings. The highest BCUT2D eigenvalue weighted by atomic mass is 35.5. The fourth-order valence-electron chi connectivity index (χ4n) is 1.80. The number of pyridine rings is 1. The van der Waals surface area contributed by atoms with Crippen LogP contribution in [0.2, 0.25) is 5.02 Å². The molecule has 0 spiro atoms. The first-order valence-electron chi connectivity index (χ1n) is 5.26. The van der Waals surface area contributed by atoms with E-state index in [1.807, 2.05) is 0 Å². The summed E-state index contributed by atoms with van der Waals surface area (Å²) in [5, 5.41) is 20.6. The molecule has 18 heavy (non-hydrogen) atoms. The molecule has 1 amide bonds. The quantitative estimate of drug-likeness (QED) is 0.647. The molecule has 2 heterocycles. The Bertz CT molecular complexity index is 584. The largest absolute Gasteiger partial charge is 0.390 e. The van der Waals surface area contributed by atoms with E-state index in [2.05, 4.69) is 9.97 Å². The highest BCUT2D eigenvalue weighted by Crippen LogP contribution is 2.31. The van der Waals surface area contributed by atoms with Crippen molar-refractivity contribution in [3.05, 3.63) is 29.0 Å². The Morgan fingerprint density at radius 1 is 1.56 bits per heavy atom. The molecule has 5 N–H and O–H groups in total. The smallest absolute Gasteiger partial charge is 0.220 e. The lowest BCUT2D eigenvalue weighted by Crippen LogP contribution is -2.25. The first-order valence-corrected chi connectivity index (χ1v) is 5.64. The summed E-state index contributed by atoms with van der Waals surface area (Å²) in [6.07, 6.45) is 0.159. The predicted molar refractivity (Wildman–Crippen MR) is 65.9 cm³/mol. The van der Waals surface area contributed by atoms with Crippen LogP contribution in [0.5, 0.6) is 0 Å². The maximum atomic E-state index is 10.7. The van der Waals surface area contributed by atoms with Crippen molar-refractivity contribution in [2.45, 2.75) is 18.6 Å². The van der Waals surface area contributed by atoms with Crippen LogP contribution in [0.25, 0.3) is 11.0 Å². The second kappa shape index (κ2) is 4.93. The van der Waals surface area contributed by atoms with Crippen LogP contribution in [0.15, 0.2) is 18.5 Å². The zero-order valence-electron chi connectivity index (χ0n) is 9.30. The number of hydrogen-bond donors (Lipinski definition) is 4. The van der Waals surface area contributed by atoms with Crippen LogP contribution >= 0.6 is 11.6 Å². The Morgan fingerprint density at radius 2 is 2.28 bits per heavy atom. The molecule has 2 unspecified atom stereocenters. The van der Waals surface area contributed by atoms with E-state index >= 15 is 0 Å². The molecule has 0 saturated carbocycles. The van der Waals surface area contributed by atoms with E-state index in [0.29, 0.717) is 21.6 Å². The number of H-pyrrole nitrogens is 1. The van der Waals surface area contributed by atoms with Gasteiger partial charge in [0.2, 0.25) is 5.91 Å². The third-order valence-corrected chi connectivity index (χ3v) is 2.96. The number of aromatic amines is 1. The van der Waals surface area contributed by atoms with E-state index < -0.39 is 18.1 Å². The van der Waals surface area contributed by atoms with Gasteiger partial charge in [0.25, 0.3) is 0 Å². The van der Waals surface area contributed by atoms with Crippen LogP contribution in [0, 0.1) is 0 Å². The minimum absolute atomic E-state index is 0.328. The minimum Gasteiger partial charge on any atom is -0.390 e. The highest BCUT2D eigenvalue weighted by Gasteiger charge is 2.24. The van der Waals surface area contributed by atoms with Crippen LogP contribution in [-0.2, 0) is 4.79 Å². The number of aliphatic hydroxyl groups is 2. The van der Waals surface area contributed by atoms with Gasteiger partial charge in [-0.25, -0.2) is 4.98 Å². The predicted octanol–water partition coefficient (Wildman–Crippen LogP) is 0.486. The van der Waals surface area contributed by atoms with Gasteiger partial charge in [-0.2, -0.15) is 0 Å². The summed E-state index contributed by atoms with van der Waals surface area (Å²) in [5.41, 5.74) is 5.86. The number of nitrogens with two attached hydrogens (primary N) is 1.